The molecule has 0 amide bonds. The molecule has 0 unspecified atom stereocenters. The number of carbonyl (C=O) groups is 1. The van der Waals surface area contributed by atoms with Gasteiger partial charge < -0.3 is 25.0 Å². The number of allylic oxidation sites excluding steroid dienone is 4. The number of carboxylic acid groups (broad SMARTS) is 1. The Morgan fingerprint density at radius 1 is 1.12 bits per heavy atom. The summed E-state index contributed by atoms with van der Waals surface area (Å²) in [7, 11) is 0. The molecular formula is C26H35N3O3. The maximum absolute atomic E-state index is 10.7. The van der Waals surface area contributed by atoms with E-state index in [9.17, 15) is 4.79 Å². The Labute approximate surface area is 191 Å². The number of hydrogen-bond acceptors (Lipinski definition) is 5. The van der Waals surface area contributed by atoms with Crippen molar-refractivity contribution in [3.05, 3.63) is 71.7 Å². The number of nitrogens with one attached hydrogen (secondary N) is 1. The molecular weight excluding hydrogens is 402 g/mol. The van der Waals surface area contributed by atoms with E-state index in [-0.39, 0.29) is 6.61 Å². The molecule has 1 aromatic rings. The van der Waals surface area contributed by atoms with Gasteiger partial charge in [0.25, 0.3) is 0 Å². The summed E-state index contributed by atoms with van der Waals surface area (Å²) in [6.45, 7) is 5.25. The van der Waals surface area contributed by atoms with Gasteiger partial charge in [-0.3, -0.25) is 0 Å². The number of ether oxygens (including phenoxy) is 1. The van der Waals surface area contributed by atoms with Gasteiger partial charge in [0.1, 0.15) is 5.76 Å². The molecule has 3 aliphatic rings. The standard InChI is InChI=1S/C26H35N3O3/c30-26(31)20-32-25-8-6-22(7-9-25)19-29(18-21-4-2-1-3-5-21)24-12-16-28(17-13-24)23-10-14-27-15-11-23/h1-6,8-9,19,23-24,27H,7,10-18,20H2,(H,30,31). The van der Waals surface area contributed by atoms with Gasteiger partial charge in [0.15, 0.2) is 6.61 Å². The molecule has 1 aliphatic carbocycles. The van der Waals surface area contributed by atoms with Crippen molar-refractivity contribution in [3.63, 3.8) is 0 Å². The zero-order valence-electron chi connectivity index (χ0n) is 18.8. The Kier molecular flexibility index (Phi) is 8.02. The van der Waals surface area contributed by atoms with E-state index in [0.29, 0.717) is 11.8 Å². The second kappa shape index (κ2) is 11.3. The Hall–Kier alpha value is -2.57. The lowest BCUT2D eigenvalue weighted by molar-refractivity contribution is -0.140. The van der Waals surface area contributed by atoms with Crippen LogP contribution in [0.5, 0.6) is 0 Å². The summed E-state index contributed by atoms with van der Waals surface area (Å²) in [4.78, 5) is 16.0. The van der Waals surface area contributed by atoms with Crippen LogP contribution < -0.4 is 5.32 Å². The number of benzene rings is 1. The summed E-state index contributed by atoms with van der Waals surface area (Å²) in [6, 6.07) is 12.0. The van der Waals surface area contributed by atoms with Gasteiger partial charge in [0, 0.05) is 37.9 Å². The first-order valence-electron chi connectivity index (χ1n) is 11.9. The van der Waals surface area contributed by atoms with Gasteiger partial charge in [-0.15, -0.1) is 0 Å². The van der Waals surface area contributed by atoms with Crippen LogP contribution in [-0.2, 0) is 16.1 Å². The van der Waals surface area contributed by atoms with Crippen molar-refractivity contribution in [2.75, 3.05) is 32.8 Å². The van der Waals surface area contributed by atoms with Crippen LogP contribution in [0.4, 0.5) is 0 Å². The minimum Gasteiger partial charge on any atom is -0.482 e. The molecule has 6 nitrogen and oxygen atoms in total. The predicted molar refractivity (Wildman–Crippen MR) is 126 cm³/mol. The minimum atomic E-state index is -0.953. The fourth-order valence-electron chi connectivity index (χ4n) is 4.93. The summed E-state index contributed by atoms with van der Waals surface area (Å²) < 4.78 is 5.30. The highest BCUT2D eigenvalue weighted by Gasteiger charge is 2.28. The predicted octanol–water partition coefficient (Wildman–Crippen LogP) is 3.53. The first kappa shape index (κ1) is 22.6. The van der Waals surface area contributed by atoms with Crippen LogP contribution in [-0.4, -0.2) is 65.7 Å². The van der Waals surface area contributed by atoms with E-state index in [4.69, 9.17) is 9.84 Å². The largest absolute Gasteiger partial charge is 0.482 e. The molecule has 2 aliphatic heterocycles. The van der Waals surface area contributed by atoms with Crippen molar-refractivity contribution in [2.45, 2.75) is 50.7 Å². The fraction of sp³-hybridized carbons (Fsp3) is 0.500. The Bertz CT molecular complexity index is 835. The maximum Gasteiger partial charge on any atom is 0.341 e. The van der Waals surface area contributed by atoms with Crippen molar-refractivity contribution in [1.82, 2.24) is 15.1 Å². The van der Waals surface area contributed by atoms with Crippen LogP contribution >= 0.6 is 0 Å². The number of nitrogens with zero attached hydrogens (tertiary/aromatic N) is 2. The number of hydrogen-bond donors (Lipinski definition) is 2. The fourth-order valence-corrected chi connectivity index (χ4v) is 4.93. The lowest BCUT2D eigenvalue weighted by Gasteiger charge is -2.42. The maximum atomic E-state index is 10.7. The van der Waals surface area contributed by atoms with Crippen LogP contribution in [0.3, 0.4) is 0 Å². The van der Waals surface area contributed by atoms with Crippen LogP contribution in [0, 0.1) is 0 Å². The zero-order chi connectivity index (χ0) is 22.2. The third-order valence-corrected chi connectivity index (χ3v) is 6.70. The van der Waals surface area contributed by atoms with Crippen molar-refractivity contribution in [2.24, 2.45) is 0 Å². The van der Waals surface area contributed by atoms with Crippen LogP contribution in [0.1, 0.15) is 37.7 Å². The monoisotopic (exact) mass is 437 g/mol. The molecule has 0 atom stereocenters. The summed E-state index contributed by atoms with van der Waals surface area (Å²) in [5.74, 6) is -0.319. The lowest BCUT2D eigenvalue weighted by Crippen LogP contribution is -2.49. The zero-order valence-corrected chi connectivity index (χ0v) is 18.8. The van der Waals surface area contributed by atoms with Crippen LogP contribution in [0.25, 0.3) is 0 Å². The van der Waals surface area contributed by atoms with E-state index in [2.05, 4.69) is 57.7 Å². The third-order valence-electron chi connectivity index (χ3n) is 6.70. The molecule has 0 saturated carbocycles. The van der Waals surface area contributed by atoms with E-state index in [1.165, 1.54) is 49.9 Å². The lowest BCUT2D eigenvalue weighted by atomic mass is 9.97. The smallest absolute Gasteiger partial charge is 0.341 e. The molecule has 172 valence electrons. The number of rotatable bonds is 8. The van der Waals surface area contributed by atoms with E-state index >= 15 is 0 Å². The molecule has 0 bridgehead atoms. The Balaban J connectivity index is 1.40. The first-order chi connectivity index (χ1) is 15.7. The van der Waals surface area contributed by atoms with Gasteiger partial charge in [-0.2, -0.15) is 0 Å². The Morgan fingerprint density at radius 2 is 1.88 bits per heavy atom. The normalized spacial score (nSPS) is 22.0. The molecule has 0 spiro atoms. The highest BCUT2D eigenvalue weighted by Crippen LogP contribution is 2.25. The molecule has 2 saturated heterocycles. The van der Waals surface area contributed by atoms with E-state index in [1.807, 2.05) is 12.2 Å². The van der Waals surface area contributed by atoms with Gasteiger partial charge in [-0.25, -0.2) is 4.79 Å². The van der Waals surface area contributed by atoms with Crippen molar-refractivity contribution in [3.8, 4) is 0 Å². The molecule has 1 aromatic carbocycles. The van der Waals surface area contributed by atoms with Gasteiger partial charge in [0.05, 0.1) is 0 Å². The molecule has 0 radical (unpaired) electrons. The van der Waals surface area contributed by atoms with Crippen molar-refractivity contribution in [1.29, 1.82) is 0 Å². The molecule has 2 heterocycles. The number of aliphatic carboxylic acids is 1. The van der Waals surface area contributed by atoms with Crippen LogP contribution in [0.15, 0.2) is 66.1 Å². The summed E-state index contributed by atoms with van der Waals surface area (Å²) in [6.07, 6.45) is 13.9. The van der Waals surface area contributed by atoms with Gasteiger partial charge >= 0.3 is 5.97 Å². The number of likely N-dealkylation sites (tertiary alicyclic amines) is 1. The first-order valence-corrected chi connectivity index (χ1v) is 11.9. The van der Waals surface area contributed by atoms with Crippen molar-refractivity contribution >= 4 is 5.97 Å². The van der Waals surface area contributed by atoms with E-state index in [1.54, 1.807) is 0 Å². The minimum absolute atomic E-state index is 0.301. The molecule has 2 N–H and O–H groups in total. The number of carboxylic acids is 1. The number of piperidine rings is 2. The van der Waals surface area contributed by atoms with Gasteiger partial charge in [-0.1, -0.05) is 36.4 Å². The average Bonchev–Trinajstić information content (AvgIpc) is 2.84. The summed E-state index contributed by atoms with van der Waals surface area (Å²) in [5.41, 5.74) is 2.55. The SMILES string of the molecule is O=C(O)COC1=CCC(=CN(Cc2ccccc2)C2CCN(C3CCNCC3)CC2)C=C1. The topological polar surface area (TPSA) is 65.0 Å². The average molecular weight is 438 g/mol. The van der Waals surface area contributed by atoms with E-state index in [0.717, 1.165) is 32.1 Å². The molecule has 6 heteroatoms. The molecule has 4 rings (SSSR count). The molecule has 2 fully saturated rings. The second-order valence-electron chi connectivity index (χ2n) is 8.94. The Morgan fingerprint density at radius 3 is 2.53 bits per heavy atom. The van der Waals surface area contributed by atoms with E-state index < -0.39 is 5.97 Å². The summed E-state index contributed by atoms with van der Waals surface area (Å²) in [5, 5.41) is 12.3. The van der Waals surface area contributed by atoms with Gasteiger partial charge in [0.2, 0.25) is 0 Å². The summed E-state index contributed by atoms with van der Waals surface area (Å²) >= 11 is 0. The van der Waals surface area contributed by atoms with Gasteiger partial charge in [-0.05, 0) is 68.5 Å². The third kappa shape index (κ3) is 6.47. The van der Waals surface area contributed by atoms with Crippen LogP contribution in [0.2, 0.25) is 0 Å². The highest BCUT2D eigenvalue weighted by atomic mass is 16.5. The molecule has 32 heavy (non-hydrogen) atoms. The quantitative estimate of drug-likeness (QED) is 0.649. The highest BCUT2D eigenvalue weighted by molar-refractivity contribution is 5.68. The van der Waals surface area contributed by atoms with Crippen molar-refractivity contribution < 1.29 is 14.6 Å². The second-order valence-corrected chi connectivity index (χ2v) is 8.94. The molecule has 0 aromatic heterocycles.